The number of aryl methyl sites for hydroxylation is 1. The molecule has 10 aromatic rings. The number of hydrogen-bond acceptors (Lipinski definition) is 9. The van der Waals surface area contributed by atoms with Crippen LogP contribution < -0.4 is 5.73 Å². The Labute approximate surface area is 391 Å². The normalized spacial score (nSPS) is 13.6. The first-order chi connectivity index (χ1) is 31.6. The van der Waals surface area contributed by atoms with Gasteiger partial charge in [-0.3, -0.25) is 14.2 Å². The van der Waals surface area contributed by atoms with Crippen molar-refractivity contribution in [3.8, 4) is 0 Å². The standard InChI is InChI=1S/C25H21ClN4OS.C15H14N4O2.C9H8ClNS/c26-20-5-7-24-22(9-20)18(15-32-24)3-6-23(31)19-10-27-30(12-19)14-21-13-29-11-17(16-1-2-16)4-8-25(29)28-21;20-15(21)12-5-16-19(7-12)9-13-8-18-6-11(10-1-2-10)3-4-14(18)17-13;10-7-1-2-9-8(3-7)6(4-11)5-12-9/h4-5,7-13,15-16H,1-3,6,14H2;3-8,10H,1-2,9H2,(H,20,21);1-3,5H,4,11H2. The fourth-order valence-corrected chi connectivity index (χ4v) is 10.2. The van der Waals surface area contributed by atoms with Crippen molar-refractivity contribution in [1.82, 2.24) is 38.3 Å². The number of carboxylic acids is 1. The number of thiophene rings is 2. The summed E-state index contributed by atoms with van der Waals surface area (Å²) in [6.07, 6.45) is 21.0. The van der Waals surface area contributed by atoms with E-state index in [4.69, 9.17) is 39.0 Å². The molecule has 0 spiro atoms. The summed E-state index contributed by atoms with van der Waals surface area (Å²) in [6.45, 7) is 1.59. The Balaban J connectivity index is 0.000000129. The average Bonchev–Trinajstić information content (AvgIpc) is 3.90. The van der Waals surface area contributed by atoms with Gasteiger partial charge in [0.05, 0.1) is 48.0 Å². The van der Waals surface area contributed by atoms with E-state index in [1.54, 1.807) is 38.2 Å². The van der Waals surface area contributed by atoms with Crippen LogP contribution in [0.3, 0.4) is 0 Å². The summed E-state index contributed by atoms with van der Waals surface area (Å²) in [5, 5.41) is 25.4. The minimum absolute atomic E-state index is 0.0988. The summed E-state index contributed by atoms with van der Waals surface area (Å²) in [5.41, 5.74) is 15.1. The van der Waals surface area contributed by atoms with Crippen molar-refractivity contribution in [1.29, 1.82) is 0 Å². The van der Waals surface area contributed by atoms with Gasteiger partial charge in [-0.05, 0) is 136 Å². The molecule has 0 unspecified atom stereocenters. The maximum Gasteiger partial charge on any atom is 0.338 e. The molecule has 2 fully saturated rings. The van der Waals surface area contributed by atoms with Gasteiger partial charge in [-0.1, -0.05) is 35.3 Å². The van der Waals surface area contributed by atoms with Crippen molar-refractivity contribution in [2.45, 2.75) is 70.0 Å². The number of hydrogen-bond donors (Lipinski definition) is 2. The van der Waals surface area contributed by atoms with E-state index in [-0.39, 0.29) is 11.3 Å². The van der Waals surface area contributed by atoms with Crippen LogP contribution >= 0.6 is 45.9 Å². The second-order valence-electron chi connectivity index (χ2n) is 16.6. The molecule has 2 aromatic carbocycles. The molecule has 12 rings (SSSR count). The molecular formula is C49H43Cl2N9O3S2. The monoisotopic (exact) mass is 939 g/mol. The number of aromatic carboxylic acids is 1. The van der Waals surface area contributed by atoms with Crippen molar-refractivity contribution in [2.75, 3.05) is 0 Å². The highest BCUT2D eigenvalue weighted by Gasteiger charge is 2.25. The molecule has 65 heavy (non-hydrogen) atoms. The number of pyridine rings is 2. The second kappa shape index (κ2) is 18.4. The molecule has 0 saturated heterocycles. The number of fused-ring (bicyclic) bond motifs is 4. The van der Waals surface area contributed by atoms with E-state index >= 15 is 0 Å². The molecule has 0 aliphatic heterocycles. The lowest BCUT2D eigenvalue weighted by Crippen LogP contribution is -2.02. The number of carboxylic acid groups (broad SMARTS) is 1. The van der Waals surface area contributed by atoms with Gasteiger partial charge in [-0.25, -0.2) is 14.8 Å². The van der Waals surface area contributed by atoms with Crippen LogP contribution in [0.25, 0.3) is 31.5 Å². The Morgan fingerprint density at radius 3 is 1.68 bits per heavy atom. The molecule has 328 valence electrons. The van der Waals surface area contributed by atoms with Crippen LogP contribution in [0.15, 0.2) is 121 Å². The molecule has 8 aromatic heterocycles. The van der Waals surface area contributed by atoms with Crippen molar-refractivity contribution in [2.24, 2.45) is 5.73 Å². The largest absolute Gasteiger partial charge is 0.478 e. The Kier molecular flexibility index (Phi) is 12.1. The molecule has 8 heterocycles. The third-order valence-electron chi connectivity index (χ3n) is 11.7. The Hall–Kier alpha value is -6.16. The summed E-state index contributed by atoms with van der Waals surface area (Å²) in [4.78, 5) is 32.8. The van der Waals surface area contributed by atoms with Crippen molar-refractivity contribution >= 4 is 89.1 Å². The van der Waals surface area contributed by atoms with E-state index in [1.165, 1.54) is 75.1 Å². The Morgan fingerprint density at radius 1 is 0.662 bits per heavy atom. The van der Waals surface area contributed by atoms with Crippen LogP contribution in [-0.2, 0) is 26.1 Å². The quantitative estimate of drug-likeness (QED) is 0.115. The lowest BCUT2D eigenvalue weighted by atomic mass is 10.0. The molecular weight excluding hydrogens is 898 g/mol. The highest BCUT2D eigenvalue weighted by atomic mass is 35.5. The molecule has 2 saturated carbocycles. The summed E-state index contributed by atoms with van der Waals surface area (Å²) < 4.78 is 9.95. The number of imidazole rings is 2. The van der Waals surface area contributed by atoms with Gasteiger partial charge in [-0.2, -0.15) is 10.2 Å². The first-order valence-electron chi connectivity index (χ1n) is 21.4. The van der Waals surface area contributed by atoms with Gasteiger partial charge in [0, 0.05) is 69.6 Å². The van der Waals surface area contributed by atoms with Crippen LogP contribution in [-0.4, -0.2) is 55.2 Å². The highest BCUT2D eigenvalue weighted by molar-refractivity contribution is 7.17. The number of carbonyl (C=O) groups is 2. The number of benzene rings is 2. The van der Waals surface area contributed by atoms with Gasteiger partial charge in [0.25, 0.3) is 0 Å². The SMILES string of the molecule is NCc1csc2ccc(Cl)cc12.O=C(CCc1csc2ccc(Cl)cc12)c1cnn(Cc2cn3cc(C4CC4)ccc3n2)c1.O=C(O)c1cnn(Cc2cn3cc(C4CC4)ccc3n2)c1. The van der Waals surface area contributed by atoms with Crippen LogP contribution in [0, 0.1) is 0 Å². The minimum Gasteiger partial charge on any atom is -0.478 e. The van der Waals surface area contributed by atoms with E-state index in [1.807, 2.05) is 59.3 Å². The van der Waals surface area contributed by atoms with Gasteiger partial charge in [-0.15, -0.1) is 22.7 Å². The molecule has 2 aliphatic carbocycles. The number of carbonyl (C=O) groups excluding carboxylic acids is 1. The number of halogens is 2. The van der Waals surface area contributed by atoms with Crippen LogP contribution in [0.2, 0.25) is 10.0 Å². The van der Waals surface area contributed by atoms with E-state index < -0.39 is 5.97 Å². The highest BCUT2D eigenvalue weighted by Crippen LogP contribution is 2.41. The first-order valence-corrected chi connectivity index (χ1v) is 23.9. The number of nitrogens with two attached hydrogens (primary N) is 1. The van der Waals surface area contributed by atoms with E-state index in [9.17, 15) is 9.59 Å². The van der Waals surface area contributed by atoms with E-state index in [2.05, 4.69) is 67.1 Å². The van der Waals surface area contributed by atoms with Gasteiger partial charge in [0.2, 0.25) is 0 Å². The molecule has 16 heteroatoms. The zero-order valence-corrected chi connectivity index (χ0v) is 38.2. The molecule has 0 bridgehead atoms. The van der Waals surface area contributed by atoms with Crippen molar-refractivity contribution in [3.63, 3.8) is 0 Å². The van der Waals surface area contributed by atoms with Gasteiger partial charge >= 0.3 is 5.97 Å². The smallest absolute Gasteiger partial charge is 0.338 e. The van der Waals surface area contributed by atoms with Crippen molar-refractivity contribution < 1.29 is 14.7 Å². The predicted octanol–water partition coefficient (Wildman–Crippen LogP) is 11.3. The number of rotatable bonds is 12. The Bertz CT molecular complexity index is 3350. The number of aromatic nitrogens is 8. The lowest BCUT2D eigenvalue weighted by Gasteiger charge is -2.00. The number of Topliss-reactive ketones (excluding diaryl/α,β-unsaturated/α-hetero) is 1. The lowest BCUT2D eigenvalue weighted by molar-refractivity contribution is 0.0696. The van der Waals surface area contributed by atoms with Crippen LogP contribution in [0.4, 0.5) is 0 Å². The van der Waals surface area contributed by atoms with E-state index in [0.717, 1.165) is 38.1 Å². The molecule has 0 amide bonds. The molecule has 3 N–H and O–H groups in total. The Morgan fingerprint density at radius 2 is 1.17 bits per heavy atom. The first kappa shape index (κ1) is 42.8. The maximum absolute atomic E-state index is 12.8. The predicted molar refractivity (Wildman–Crippen MR) is 258 cm³/mol. The molecule has 0 atom stereocenters. The van der Waals surface area contributed by atoms with Gasteiger partial charge in [0.15, 0.2) is 5.78 Å². The van der Waals surface area contributed by atoms with Gasteiger partial charge < -0.3 is 19.6 Å². The average molecular weight is 941 g/mol. The van der Waals surface area contributed by atoms with Gasteiger partial charge in [0.1, 0.15) is 11.3 Å². The number of ketones is 1. The van der Waals surface area contributed by atoms with Crippen LogP contribution in [0.5, 0.6) is 0 Å². The topological polar surface area (TPSA) is 151 Å². The minimum atomic E-state index is -0.967. The molecule has 0 radical (unpaired) electrons. The fraction of sp³-hybridized carbons (Fsp3) is 0.224. The third kappa shape index (κ3) is 9.92. The number of nitrogens with zero attached hydrogens (tertiary/aromatic N) is 8. The van der Waals surface area contributed by atoms with Crippen molar-refractivity contribution in [3.05, 3.63) is 176 Å². The second-order valence-corrected chi connectivity index (χ2v) is 19.3. The zero-order chi connectivity index (χ0) is 44.6. The maximum atomic E-state index is 12.8. The zero-order valence-electron chi connectivity index (χ0n) is 35.1. The third-order valence-corrected chi connectivity index (χ3v) is 14.2. The summed E-state index contributed by atoms with van der Waals surface area (Å²) in [7, 11) is 0. The molecule has 2 aliphatic rings. The summed E-state index contributed by atoms with van der Waals surface area (Å²) >= 11 is 15.4. The fourth-order valence-electron chi connectivity index (χ4n) is 7.93. The summed E-state index contributed by atoms with van der Waals surface area (Å²) in [5.74, 6) is 0.561. The molecule has 12 nitrogen and oxygen atoms in total. The van der Waals surface area contributed by atoms with E-state index in [0.29, 0.717) is 49.9 Å². The van der Waals surface area contributed by atoms with Crippen LogP contribution in [0.1, 0.15) is 98.3 Å². The summed E-state index contributed by atoms with van der Waals surface area (Å²) in [6, 6.07) is 20.2.